The van der Waals surface area contributed by atoms with Gasteiger partial charge in [-0.15, -0.1) is 0 Å². The second-order valence-electron chi connectivity index (χ2n) is 10.1. The van der Waals surface area contributed by atoms with Gasteiger partial charge in [0.2, 0.25) is 15.9 Å². The van der Waals surface area contributed by atoms with Gasteiger partial charge in [0.05, 0.1) is 22.2 Å². The summed E-state index contributed by atoms with van der Waals surface area (Å²) in [6.45, 7) is 1.85. The van der Waals surface area contributed by atoms with E-state index < -0.39 is 39.5 Å². The van der Waals surface area contributed by atoms with Crippen molar-refractivity contribution in [2.45, 2.75) is 36.6 Å². The lowest BCUT2D eigenvalue weighted by atomic mass is 10.1. The van der Waals surface area contributed by atoms with Crippen LogP contribution in [0.5, 0.6) is 0 Å². The van der Waals surface area contributed by atoms with Crippen molar-refractivity contribution in [3.63, 3.8) is 0 Å². The molecule has 2 atom stereocenters. The topological polar surface area (TPSA) is 104 Å². The van der Waals surface area contributed by atoms with Crippen molar-refractivity contribution in [1.82, 2.24) is 19.6 Å². The highest BCUT2D eigenvalue weighted by atomic mass is 32.2. The lowest BCUT2D eigenvalue weighted by Gasteiger charge is -2.23. The highest BCUT2D eigenvalue weighted by molar-refractivity contribution is 7.89. The van der Waals surface area contributed by atoms with Crippen LogP contribution in [0.1, 0.15) is 29.7 Å². The van der Waals surface area contributed by atoms with Gasteiger partial charge in [0.15, 0.2) is 0 Å². The number of hydrogen-bond donors (Lipinski definition) is 2. The Morgan fingerprint density at radius 2 is 1.70 bits per heavy atom. The number of amides is 1. The maximum Gasteiger partial charge on any atom is 0.416 e. The Labute approximate surface area is 251 Å². The van der Waals surface area contributed by atoms with Gasteiger partial charge in [0.1, 0.15) is 17.7 Å². The number of nitrogens with one attached hydrogen (secondary N) is 2. The summed E-state index contributed by atoms with van der Waals surface area (Å²) in [4.78, 5) is 21.7. The molecule has 0 saturated heterocycles. The molecule has 0 saturated carbocycles. The van der Waals surface area contributed by atoms with Crippen molar-refractivity contribution < 1.29 is 30.8 Å². The number of sulfonamides is 1. The summed E-state index contributed by atoms with van der Waals surface area (Å²) in [7, 11) is -4.10. The first kappa shape index (κ1) is 30.8. The first-order valence-corrected chi connectivity index (χ1v) is 14.9. The molecule has 0 radical (unpaired) electrons. The molecule has 1 aliphatic rings. The SMILES string of the molecule is CC(Nc1cc(CNC(=O)[C@@H]2C=CCN2S(=O)(=O)c2ccc(F)cc2)cc(-c2ccc(C(F)(F)F)cc2)n1)c1ccncc1. The fourth-order valence-electron chi connectivity index (χ4n) is 4.70. The molecule has 8 nitrogen and oxygen atoms in total. The van der Waals surface area contributed by atoms with Crippen LogP contribution < -0.4 is 10.6 Å². The summed E-state index contributed by atoms with van der Waals surface area (Å²) in [5.41, 5.74) is 1.51. The van der Waals surface area contributed by atoms with Crippen molar-refractivity contribution in [1.29, 1.82) is 0 Å². The summed E-state index contributed by atoms with van der Waals surface area (Å²) in [6.07, 6.45) is 1.84. The minimum absolute atomic E-state index is 0.0257. The normalized spacial score (nSPS) is 16.1. The van der Waals surface area contributed by atoms with Crippen LogP contribution in [0.25, 0.3) is 11.3 Å². The van der Waals surface area contributed by atoms with Crippen LogP contribution in [0.4, 0.5) is 23.4 Å². The number of aromatic nitrogens is 2. The summed E-state index contributed by atoms with van der Waals surface area (Å²) in [6, 6.07) is 14.6. The zero-order valence-electron chi connectivity index (χ0n) is 23.3. The van der Waals surface area contributed by atoms with E-state index in [1.165, 1.54) is 18.2 Å². The molecule has 1 amide bonds. The van der Waals surface area contributed by atoms with Gasteiger partial charge in [-0.05, 0) is 78.7 Å². The molecule has 1 aliphatic heterocycles. The average molecular weight is 626 g/mol. The van der Waals surface area contributed by atoms with Gasteiger partial charge in [-0.1, -0.05) is 24.3 Å². The van der Waals surface area contributed by atoms with Gasteiger partial charge in [-0.3, -0.25) is 9.78 Å². The number of rotatable bonds is 9. The zero-order chi connectivity index (χ0) is 31.5. The zero-order valence-corrected chi connectivity index (χ0v) is 24.1. The van der Waals surface area contributed by atoms with E-state index >= 15 is 0 Å². The number of halogens is 4. The van der Waals surface area contributed by atoms with Crippen LogP contribution in [-0.4, -0.2) is 41.2 Å². The van der Waals surface area contributed by atoms with Gasteiger partial charge in [-0.2, -0.15) is 17.5 Å². The molecule has 2 aromatic heterocycles. The highest BCUT2D eigenvalue weighted by Gasteiger charge is 2.36. The molecule has 0 fully saturated rings. The van der Waals surface area contributed by atoms with Crippen LogP contribution in [0.3, 0.4) is 0 Å². The van der Waals surface area contributed by atoms with Crippen LogP contribution in [0.15, 0.2) is 102 Å². The second-order valence-corrected chi connectivity index (χ2v) is 12.0. The maximum absolute atomic E-state index is 13.4. The first-order chi connectivity index (χ1) is 20.9. The summed E-state index contributed by atoms with van der Waals surface area (Å²) >= 11 is 0. The number of benzene rings is 2. The monoisotopic (exact) mass is 625 g/mol. The van der Waals surface area contributed by atoms with Gasteiger partial charge in [0, 0.05) is 31.0 Å². The smallest absolute Gasteiger partial charge is 0.364 e. The van der Waals surface area contributed by atoms with Crippen molar-refractivity contribution in [3.05, 3.63) is 120 Å². The molecular weight excluding hydrogens is 598 g/mol. The molecular formula is C31H27F4N5O3S. The predicted molar refractivity (Wildman–Crippen MR) is 156 cm³/mol. The fourth-order valence-corrected chi connectivity index (χ4v) is 6.20. The summed E-state index contributed by atoms with van der Waals surface area (Å²) in [5.74, 6) is -0.760. The van der Waals surface area contributed by atoms with Crippen molar-refractivity contribution in [2.24, 2.45) is 0 Å². The van der Waals surface area contributed by atoms with Crippen LogP contribution in [0.2, 0.25) is 0 Å². The average Bonchev–Trinajstić information content (AvgIpc) is 3.52. The Balaban J connectivity index is 1.38. The Morgan fingerprint density at radius 3 is 2.36 bits per heavy atom. The molecule has 5 rings (SSSR count). The molecule has 13 heteroatoms. The molecule has 4 aromatic rings. The third-order valence-electron chi connectivity index (χ3n) is 7.03. The number of pyridine rings is 2. The fraction of sp³-hybridized carbons (Fsp3) is 0.194. The lowest BCUT2D eigenvalue weighted by molar-refractivity contribution is -0.137. The van der Waals surface area contributed by atoms with Gasteiger partial charge in [0.25, 0.3) is 0 Å². The van der Waals surface area contributed by atoms with Crippen LogP contribution in [-0.2, 0) is 27.5 Å². The van der Waals surface area contributed by atoms with Crippen molar-refractivity contribution >= 4 is 21.7 Å². The standard InChI is InChI=1S/C31H27F4N5O3S/c1-20(22-12-14-36-15-13-22)38-29-18-21(17-27(39-29)23-4-6-24(7-5-23)31(33,34)35)19-37-30(41)28-3-2-16-40(28)44(42,43)26-10-8-25(32)9-11-26/h2-15,17-18,20,28H,16,19H2,1H3,(H,37,41)(H,38,39)/t20?,28-/m0/s1. The largest absolute Gasteiger partial charge is 0.416 e. The molecule has 44 heavy (non-hydrogen) atoms. The second kappa shape index (κ2) is 12.5. The van der Waals surface area contributed by atoms with E-state index in [2.05, 4.69) is 20.6 Å². The Kier molecular flexibility index (Phi) is 8.79. The van der Waals surface area contributed by atoms with Gasteiger partial charge in [-0.25, -0.2) is 17.8 Å². The number of hydrogen-bond acceptors (Lipinski definition) is 6. The highest BCUT2D eigenvalue weighted by Crippen LogP contribution is 2.31. The lowest BCUT2D eigenvalue weighted by Crippen LogP contribution is -2.45. The molecule has 0 aliphatic carbocycles. The van der Waals surface area contributed by atoms with Crippen LogP contribution >= 0.6 is 0 Å². The minimum Gasteiger partial charge on any atom is -0.364 e. The van der Waals surface area contributed by atoms with Gasteiger partial charge >= 0.3 is 6.18 Å². The molecule has 2 N–H and O–H groups in total. The van der Waals surface area contributed by atoms with Crippen molar-refractivity contribution in [2.75, 3.05) is 11.9 Å². The quantitative estimate of drug-likeness (QED) is 0.182. The third-order valence-corrected chi connectivity index (χ3v) is 8.89. The summed E-state index contributed by atoms with van der Waals surface area (Å²) in [5, 5.41) is 6.03. The Hall–Kier alpha value is -4.62. The van der Waals surface area contributed by atoms with E-state index in [-0.39, 0.29) is 24.0 Å². The number of carbonyl (C=O) groups excluding carboxylic acids is 1. The van der Waals surface area contributed by atoms with E-state index in [0.29, 0.717) is 22.6 Å². The third kappa shape index (κ3) is 6.95. The Bertz CT molecular complexity index is 1770. The first-order valence-electron chi connectivity index (χ1n) is 13.5. The molecule has 228 valence electrons. The molecule has 1 unspecified atom stereocenters. The number of carbonyl (C=O) groups is 1. The number of alkyl halides is 3. The van der Waals surface area contributed by atoms with E-state index in [1.54, 1.807) is 30.6 Å². The molecule has 0 spiro atoms. The Morgan fingerprint density at radius 1 is 1.02 bits per heavy atom. The van der Waals surface area contributed by atoms with E-state index in [9.17, 15) is 30.8 Å². The molecule has 3 heterocycles. The van der Waals surface area contributed by atoms with Crippen molar-refractivity contribution in [3.8, 4) is 11.3 Å². The minimum atomic E-state index is -4.49. The van der Waals surface area contributed by atoms with E-state index in [4.69, 9.17) is 0 Å². The number of nitrogens with zero attached hydrogens (tertiary/aromatic N) is 3. The van der Waals surface area contributed by atoms with Crippen LogP contribution in [0, 0.1) is 5.82 Å². The maximum atomic E-state index is 13.4. The number of anilines is 1. The molecule has 2 aromatic carbocycles. The van der Waals surface area contributed by atoms with E-state index in [1.807, 2.05) is 19.1 Å². The predicted octanol–water partition coefficient (Wildman–Crippen LogP) is 5.72. The summed E-state index contributed by atoms with van der Waals surface area (Å²) < 4.78 is 80.2. The van der Waals surface area contributed by atoms with Gasteiger partial charge < -0.3 is 10.6 Å². The molecule has 0 bridgehead atoms. The van der Waals surface area contributed by atoms with E-state index in [0.717, 1.165) is 46.3 Å².